The fourth-order valence-electron chi connectivity index (χ4n) is 5.05. The van der Waals surface area contributed by atoms with Crippen molar-refractivity contribution in [3.63, 3.8) is 0 Å². The second kappa shape index (κ2) is 12.5. The lowest BCUT2D eigenvalue weighted by atomic mass is 10.00. The van der Waals surface area contributed by atoms with Gasteiger partial charge in [0.05, 0.1) is 31.5 Å². The summed E-state index contributed by atoms with van der Waals surface area (Å²) in [5.41, 5.74) is 4.10. The molecule has 0 unspecified atom stereocenters. The molecule has 4 aromatic rings. The van der Waals surface area contributed by atoms with Crippen molar-refractivity contribution in [3.05, 3.63) is 88.0 Å². The number of likely N-dealkylation sites (N-methyl/N-ethyl adjacent to an activating group) is 1. The molecule has 1 aliphatic heterocycles. The normalized spacial score (nSPS) is 13.9. The van der Waals surface area contributed by atoms with Crippen LogP contribution < -0.4 is 10.1 Å². The SMILES string of the molecule is COCc1nn(Cc2ccc3c(c2)CCN(C)CC3)cc1C(=O)NCc1c(-n2cnc(C(F)(F)F)n2)ccc(OC)c1F. The Kier molecular flexibility index (Phi) is 8.78. The van der Waals surface area contributed by atoms with Gasteiger partial charge in [0.25, 0.3) is 11.7 Å². The number of aromatic nitrogens is 5. The van der Waals surface area contributed by atoms with Crippen LogP contribution in [0.4, 0.5) is 17.6 Å². The summed E-state index contributed by atoms with van der Waals surface area (Å²) in [5.74, 6) is -2.95. The smallest absolute Gasteiger partial charge is 0.453 e. The minimum atomic E-state index is -4.78. The zero-order valence-electron chi connectivity index (χ0n) is 23.9. The molecule has 1 N–H and O–H groups in total. The lowest BCUT2D eigenvalue weighted by Crippen LogP contribution is -2.25. The molecule has 14 heteroatoms. The van der Waals surface area contributed by atoms with Crippen molar-refractivity contribution < 1.29 is 31.8 Å². The number of ether oxygens (including phenoxy) is 2. The Labute approximate surface area is 245 Å². The highest BCUT2D eigenvalue weighted by atomic mass is 19.4. The maximum Gasteiger partial charge on any atom is 0.453 e. The number of alkyl halides is 3. The molecule has 0 bridgehead atoms. The van der Waals surface area contributed by atoms with E-state index in [0.29, 0.717) is 12.2 Å². The number of benzene rings is 2. The van der Waals surface area contributed by atoms with Gasteiger partial charge in [0.1, 0.15) is 12.0 Å². The number of halogens is 4. The number of carbonyl (C=O) groups excluding carboxylic acids is 1. The first kappa shape index (κ1) is 30.2. The highest BCUT2D eigenvalue weighted by Crippen LogP contribution is 2.29. The van der Waals surface area contributed by atoms with Crippen LogP contribution in [0.5, 0.6) is 5.75 Å². The van der Waals surface area contributed by atoms with E-state index in [0.717, 1.165) is 42.5 Å². The molecule has 1 amide bonds. The summed E-state index contributed by atoms with van der Waals surface area (Å²) in [5, 5.41) is 10.6. The van der Waals surface area contributed by atoms with Crippen LogP contribution in [-0.2, 0) is 43.5 Å². The number of hydrogen-bond acceptors (Lipinski definition) is 7. The van der Waals surface area contributed by atoms with Crippen LogP contribution in [0.15, 0.2) is 42.9 Å². The summed E-state index contributed by atoms with van der Waals surface area (Å²) in [6.07, 6.45) is -0.407. The second-order valence-corrected chi connectivity index (χ2v) is 10.3. The topological polar surface area (TPSA) is 99.3 Å². The van der Waals surface area contributed by atoms with Gasteiger partial charge in [0.2, 0.25) is 0 Å². The molecule has 0 fully saturated rings. The van der Waals surface area contributed by atoms with E-state index in [1.54, 1.807) is 10.9 Å². The van der Waals surface area contributed by atoms with Crippen molar-refractivity contribution >= 4 is 5.91 Å². The average Bonchev–Trinajstić information content (AvgIpc) is 3.58. The summed E-state index contributed by atoms with van der Waals surface area (Å²) >= 11 is 0. The number of amides is 1. The molecule has 3 heterocycles. The minimum absolute atomic E-state index is 0.0381. The minimum Gasteiger partial charge on any atom is -0.494 e. The molecule has 2 aromatic heterocycles. The summed E-state index contributed by atoms with van der Waals surface area (Å²) in [4.78, 5) is 18.9. The molecule has 5 rings (SSSR count). The van der Waals surface area contributed by atoms with Crippen LogP contribution in [0.25, 0.3) is 5.69 Å². The Morgan fingerprint density at radius 1 is 1.07 bits per heavy atom. The van der Waals surface area contributed by atoms with Crippen molar-refractivity contribution in [2.75, 3.05) is 34.4 Å². The largest absolute Gasteiger partial charge is 0.494 e. The van der Waals surface area contributed by atoms with Crippen LogP contribution in [0, 0.1) is 5.82 Å². The molecule has 43 heavy (non-hydrogen) atoms. The first-order chi connectivity index (χ1) is 20.6. The van der Waals surface area contributed by atoms with Gasteiger partial charge in [-0.1, -0.05) is 18.2 Å². The number of fused-ring (bicyclic) bond motifs is 1. The number of methoxy groups -OCH3 is 2. The summed E-state index contributed by atoms with van der Waals surface area (Å²) in [6, 6.07) is 8.97. The highest BCUT2D eigenvalue weighted by Gasteiger charge is 2.36. The zero-order chi connectivity index (χ0) is 30.7. The van der Waals surface area contributed by atoms with Crippen LogP contribution in [0.2, 0.25) is 0 Å². The van der Waals surface area contributed by atoms with Crippen molar-refractivity contribution in [3.8, 4) is 11.4 Å². The maximum atomic E-state index is 15.3. The predicted molar refractivity (Wildman–Crippen MR) is 147 cm³/mol. The molecule has 1 aliphatic rings. The van der Waals surface area contributed by atoms with E-state index in [1.165, 1.54) is 37.5 Å². The lowest BCUT2D eigenvalue weighted by Gasteiger charge is -2.14. The molecule has 0 saturated heterocycles. The quantitative estimate of drug-likeness (QED) is 0.292. The number of nitrogens with one attached hydrogen (secondary N) is 1. The molecule has 228 valence electrons. The monoisotopic (exact) mass is 601 g/mol. The highest BCUT2D eigenvalue weighted by molar-refractivity contribution is 5.95. The van der Waals surface area contributed by atoms with Gasteiger partial charge in [-0.25, -0.2) is 14.1 Å². The van der Waals surface area contributed by atoms with Gasteiger partial charge in [-0.3, -0.25) is 9.48 Å². The van der Waals surface area contributed by atoms with E-state index < -0.39 is 23.7 Å². The first-order valence-corrected chi connectivity index (χ1v) is 13.5. The molecular formula is C29H31F4N7O3. The third-order valence-corrected chi connectivity index (χ3v) is 7.33. The Hall–Kier alpha value is -4.30. The Morgan fingerprint density at radius 2 is 1.84 bits per heavy atom. The first-order valence-electron chi connectivity index (χ1n) is 13.5. The van der Waals surface area contributed by atoms with Crippen molar-refractivity contribution in [1.82, 2.24) is 34.8 Å². The number of nitrogens with zero attached hydrogens (tertiary/aromatic N) is 6. The van der Waals surface area contributed by atoms with Crippen molar-refractivity contribution in [2.24, 2.45) is 0 Å². The molecule has 10 nitrogen and oxygen atoms in total. The number of carbonyl (C=O) groups is 1. The maximum absolute atomic E-state index is 15.3. The molecule has 0 radical (unpaired) electrons. The third-order valence-electron chi connectivity index (χ3n) is 7.33. The fourth-order valence-corrected chi connectivity index (χ4v) is 5.05. The van der Waals surface area contributed by atoms with E-state index in [1.807, 2.05) is 0 Å². The van der Waals surface area contributed by atoms with E-state index in [4.69, 9.17) is 9.47 Å². The zero-order valence-corrected chi connectivity index (χ0v) is 23.9. The summed E-state index contributed by atoms with van der Waals surface area (Å²) in [6.45, 7) is 2.10. The molecule has 0 spiro atoms. The van der Waals surface area contributed by atoms with E-state index in [9.17, 15) is 18.0 Å². The Bertz CT molecular complexity index is 1620. The summed E-state index contributed by atoms with van der Waals surface area (Å²) < 4.78 is 67.4. The lowest BCUT2D eigenvalue weighted by molar-refractivity contribution is -0.144. The Morgan fingerprint density at radius 3 is 2.53 bits per heavy atom. The third kappa shape index (κ3) is 6.70. The molecule has 2 aromatic carbocycles. The fraction of sp³-hybridized carbons (Fsp3) is 0.379. The second-order valence-electron chi connectivity index (χ2n) is 10.3. The van der Waals surface area contributed by atoms with Crippen LogP contribution in [0.1, 0.15) is 44.1 Å². The van der Waals surface area contributed by atoms with Gasteiger partial charge in [-0.15, -0.1) is 5.10 Å². The van der Waals surface area contributed by atoms with Crippen LogP contribution in [0.3, 0.4) is 0 Å². The molecule has 0 aliphatic carbocycles. The predicted octanol–water partition coefficient (Wildman–Crippen LogP) is 3.79. The van der Waals surface area contributed by atoms with Gasteiger partial charge in [-0.05, 0) is 48.7 Å². The van der Waals surface area contributed by atoms with Gasteiger partial charge in [0.15, 0.2) is 11.6 Å². The molecular weight excluding hydrogens is 570 g/mol. The van der Waals surface area contributed by atoms with Crippen LogP contribution in [-0.4, -0.2) is 69.7 Å². The summed E-state index contributed by atoms with van der Waals surface area (Å²) in [7, 11) is 4.85. The van der Waals surface area contributed by atoms with Gasteiger partial charge >= 0.3 is 6.18 Å². The van der Waals surface area contributed by atoms with E-state index >= 15 is 4.39 Å². The van der Waals surface area contributed by atoms with Gasteiger partial charge in [-0.2, -0.15) is 18.3 Å². The number of rotatable bonds is 9. The van der Waals surface area contributed by atoms with Gasteiger partial charge in [0, 0.05) is 38.5 Å². The average molecular weight is 602 g/mol. The van der Waals surface area contributed by atoms with E-state index in [-0.39, 0.29) is 35.7 Å². The Balaban J connectivity index is 1.37. The van der Waals surface area contributed by atoms with Crippen molar-refractivity contribution in [2.45, 2.75) is 38.7 Å². The van der Waals surface area contributed by atoms with Crippen LogP contribution >= 0.6 is 0 Å². The number of hydrogen-bond donors (Lipinski definition) is 1. The standard InChI is InChI=1S/C29H31F4N7O3/c1-38-10-8-19-5-4-18(12-20(19)9-11-38)14-39-15-22(23(36-39)16-42-2)27(41)34-13-21-24(6-7-25(43-3)26(21)30)40-17-35-28(37-40)29(31,32)33/h4-7,12,15,17H,8-11,13-14,16H2,1-3H3,(H,34,41). The van der Waals surface area contributed by atoms with Gasteiger partial charge < -0.3 is 19.7 Å². The molecule has 0 saturated carbocycles. The van der Waals surface area contributed by atoms with E-state index in [2.05, 4.69) is 50.6 Å². The molecule has 0 atom stereocenters. The van der Waals surface area contributed by atoms with Crippen molar-refractivity contribution in [1.29, 1.82) is 0 Å².